The van der Waals surface area contributed by atoms with Gasteiger partial charge in [0.25, 0.3) is 0 Å². The first-order valence-corrected chi connectivity index (χ1v) is 7.07. The van der Waals surface area contributed by atoms with Crippen LogP contribution in [0.5, 0.6) is 11.5 Å². The van der Waals surface area contributed by atoms with E-state index in [1.54, 1.807) is 12.3 Å². The van der Waals surface area contributed by atoms with E-state index >= 15 is 0 Å². The maximum absolute atomic E-state index is 13.8. The highest BCUT2D eigenvalue weighted by Gasteiger charge is 2.13. The van der Waals surface area contributed by atoms with Gasteiger partial charge in [0.15, 0.2) is 17.3 Å². The summed E-state index contributed by atoms with van der Waals surface area (Å²) in [6, 6.07) is 6.23. The number of nitrogen functional groups attached to an aromatic ring is 1. The second kappa shape index (κ2) is 4.79. The number of anilines is 1. The summed E-state index contributed by atoms with van der Waals surface area (Å²) in [5.74, 6) is 0.202. The van der Waals surface area contributed by atoms with Crippen LogP contribution < -0.4 is 10.5 Å². The number of fused-ring (bicyclic) bond motifs is 1. The van der Waals surface area contributed by atoms with Crippen molar-refractivity contribution < 1.29 is 9.13 Å². The van der Waals surface area contributed by atoms with Crippen molar-refractivity contribution in [2.75, 3.05) is 5.73 Å². The Balaban J connectivity index is 2.10. The standard InChI is InChI=1S/C13H8BrFN2OS/c14-8-6-17-10-3-4-19-13(10)12(8)18-11-2-1-7(16)5-9(11)15/h1-6H,16H2. The lowest BCUT2D eigenvalue weighted by Gasteiger charge is -2.09. The van der Waals surface area contributed by atoms with E-state index in [2.05, 4.69) is 20.9 Å². The number of hydrogen-bond acceptors (Lipinski definition) is 4. The molecule has 0 saturated carbocycles. The van der Waals surface area contributed by atoms with Crippen LogP contribution >= 0.6 is 27.3 Å². The number of rotatable bonds is 2. The Kier molecular flexibility index (Phi) is 3.12. The molecule has 0 atom stereocenters. The quantitative estimate of drug-likeness (QED) is 0.696. The van der Waals surface area contributed by atoms with Crippen LogP contribution in [0.4, 0.5) is 10.1 Å². The van der Waals surface area contributed by atoms with Crippen molar-refractivity contribution in [3.63, 3.8) is 0 Å². The van der Waals surface area contributed by atoms with Crippen molar-refractivity contribution >= 4 is 43.2 Å². The summed E-state index contributed by atoms with van der Waals surface area (Å²) in [7, 11) is 0. The fourth-order valence-corrected chi connectivity index (χ4v) is 3.02. The second-order valence-electron chi connectivity index (χ2n) is 3.86. The normalized spacial score (nSPS) is 10.8. The van der Waals surface area contributed by atoms with E-state index < -0.39 is 5.82 Å². The minimum Gasteiger partial charge on any atom is -0.451 e. The summed E-state index contributed by atoms with van der Waals surface area (Å²) in [6.07, 6.45) is 1.64. The Morgan fingerprint density at radius 2 is 2.16 bits per heavy atom. The molecule has 2 aromatic heterocycles. The minimum absolute atomic E-state index is 0.135. The Morgan fingerprint density at radius 3 is 2.95 bits per heavy atom. The molecule has 3 nitrogen and oxygen atoms in total. The van der Waals surface area contributed by atoms with Gasteiger partial charge >= 0.3 is 0 Å². The zero-order chi connectivity index (χ0) is 13.4. The van der Waals surface area contributed by atoms with Gasteiger partial charge in [0.05, 0.1) is 14.7 Å². The van der Waals surface area contributed by atoms with Crippen molar-refractivity contribution in [2.24, 2.45) is 0 Å². The number of pyridine rings is 1. The summed E-state index contributed by atoms with van der Waals surface area (Å²) in [5.41, 5.74) is 6.69. The number of nitrogens with zero attached hydrogens (tertiary/aromatic N) is 1. The van der Waals surface area contributed by atoms with Crippen LogP contribution in [-0.4, -0.2) is 4.98 Å². The van der Waals surface area contributed by atoms with E-state index in [0.29, 0.717) is 15.9 Å². The third-order valence-electron chi connectivity index (χ3n) is 2.55. The molecule has 0 fully saturated rings. The Labute approximate surface area is 121 Å². The number of aromatic nitrogens is 1. The lowest BCUT2D eigenvalue weighted by atomic mass is 10.3. The first kappa shape index (κ1) is 12.4. The lowest BCUT2D eigenvalue weighted by Crippen LogP contribution is -1.92. The van der Waals surface area contributed by atoms with E-state index in [1.807, 2.05) is 11.4 Å². The van der Waals surface area contributed by atoms with Gasteiger partial charge in [-0.2, -0.15) is 0 Å². The van der Waals surface area contributed by atoms with Gasteiger partial charge in [0.2, 0.25) is 0 Å². The highest BCUT2D eigenvalue weighted by atomic mass is 79.9. The smallest absolute Gasteiger partial charge is 0.167 e. The molecule has 0 saturated heterocycles. The SMILES string of the molecule is Nc1ccc(Oc2c(Br)cnc3ccsc23)c(F)c1. The summed E-state index contributed by atoms with van der Waals surface area (Å²) in [6.45, 7) is 0. The van der Waals surface area contributed by atoms with Gasteiger partial charge in [0, 0.05) is 18.0 Å². The van der Waals surface area contributed by atoms with Gasteiger partial charge in [-0.25, -0.2) is 4.39 Å². The van der Waals surface area contributed by atoms with Crippen molar-refractivity contribution in [1.29, 1.82) is 0 Å². The van der Waals surface area contributed by atoms with Crippen LogP contribution in [-0.2, 0) is 0 Å². The molecule has 3 rings (SSSR count). The van der Waals surface area contributed by atoms with Crippen molar-refractivity contribution in [3.05, 3.63) is 46.1 Å². The predicted octanol–water partition coefficient (Wildman–Crippen LogP) is 4.57. The number of halogens is 2. The van der Waals surface area contributed by atoms with Crippen molar-refractivity contribution in [2.45, 2.75) is 0 Å². The summed E-state index contributed by atoms with van der Waals surface area (Å²) in [4.78, 5) is 4.25. The molecule has 3 aromatic rings. The molecular formula is C13H8BrFN2OS. The molecule has 2 N–H and O–H groups in total. The molecule has 0 amide bonds. The number of thiophene rings is 1. The monoisotopic (exact) mass is 338 g/mol. The maximum atomic E-state index is 13.8. The Hall–Kier alpha value is -1.66. The van der Waals surface area contributed by atoms with Gasteiger partial charge < -0.3 is 10.5 Å². The lowest BCUT2D eigenvalue weighted by molar-refractivity contribution is 0.445. The Morgan fingerprint density at radius 1 is 1.32 bits per heavy atom. The Bertz CT molecular complexity index is 759. The van der Waals surface area contributed by atoms with Crippen molar-refractivity contribution in [3.8, 4) is 11.5 Å². The fourth-order valence-electron chi connectivity index (χ4n) is 1.67. The molecule has 1 aromatic carbocycles. The van der Waals surface area contributed by atoms with Crippen LogP contribution in [0.15, 0.2) is 40.3 Å². The number of ether oxygens (including phenoxy) is 1. The topological polar surface area (TPSA) is 48.1 Å². The largest absolute Gasteiger partial charge is 0.451 e. The van der Waals surface area contributed by atoms with E-state index in [-0.39, 0.29) is 5.75 Å². The number of nitrogens with two attached hydrogens (primary N) is 1. The van der Waals surface area contributed by atoms with E-state index in [0.717, 1.165) is 10.2 Å². The second-order valence-corrected chi connectivity index (χ2v) is 5.63. The van der Waals surface area contributed by atoms with Crippen LogP contribution in [0.1, 0.15) is 0 Å². The molecule has 0 aliphatic heterocycles. The number of hydrogen-bond donors (Lipinski definition) is 1. The minimum atomic E-state index is -0.492. The van der Waals surface area contributed by atoms with Crippen LogP contribution in [0.3, 0.4) is 0 Å². The van der Waals surface area contributed by atoms with Gasteiger partial charge in [-0.05, 0) is 39.5 Å². The average molecular weight is 339 g/mol. The molecular weight excluding hydrogens is 331 g/mol. The van der Waals surface area contributed by atoms with Crippen LogP contribution in [0.2, 0.25) is 0 Å². The molecule has 6 heteroatoms. The maximum Gasteiger partial charge on any atom is 0.167 e. The molecule has 0 bridgehead atoms. The van der Waals surface area contributed by atoms with E-state index in [4.69, 9.17) is 10.5 Å². The molecule has 19 heavy (non-hydrogen) atoms. The zero-order valence-corrected chi connectivity index (χ0v) is 12.0. The van der Waals surface area contributed by atoms with E-state index in [9.17, 15) is 4.39 Å². The highest BCUT2D eigenvalue weighted by Crippen LogP contribution is 2.39. The summed E-state index contributed by atoms with van der Waals surface area (Å²) in [5, 5.41) is 1.91. The van der Waals surface area contributed by atoms with Crippen molar-refractivity contribution in [1.82, 2.24) is 4.98 Å². The molecule has 0 spiro atoms. The number of benzene rings is 1. The van der Waals surface area contributed by atoms with E-state index in [1.165, 1.54) is 23.5 Å². The first-order chi connectivity index (χ1) is 9.15. The highest BCUT2D eigenvalue weighted by molar-refractivity contribution is 9.10. The molecule has 0 radical (unpaired) electrons. The molecule has 2 heterocycles. The molecule has 0 aliphatic carbocycles. The third-order valence-corrected chi connectivity index (χ3v) is 4.02. The molecule has 96 valence electrons. The van der Waals surface area contributed by atoms with Crippen LogP contribution in [0, 0.1) is 5.82 Å². The third kappa shape index (κ3) is 2.29. The molecule has 0 unspecified atom stereocenters. The van der Waals surface area contributed by atoms with Gasteiger partial charge in [-0.3, -0.25) is 4.98 Å². The summed E-state index contributed by atoms with van der Waals surface area (Å²) >= 11 is 4.86. The average Bonchev–Trinajstić information content (AvgIpc) is 2.84. The zero-order valence-electron chi connectivity index (χ0n) is 9.56. The summed E-state index contributed by atoms with van der Waals surface area (Å²) < 4.78 is 21.0. The van der Waals surface area contributed by atoms with Gasteiger partial charge in [-0.15, -0.1) is 11.3 Å². The van der Waals surface area contributed by atoms with Gasteiger partial charge in [-0.1, -0.05) is 0 Å². The first-order valence-electron chi connectivity index (χ1n) is 5.40. The van der Waals surface area contributed by atoms with Crippen LogP contribution in [0.25, 0.3) is 10.2 Å². The molecule has 0 aliphatic rings. The predicted molar refractivity (Wildman–Crippen MR) is 78.2 cm³/mol. The fraction of sp³-hybridized carbons (Fsp3) is 0. The van der Waals surface area contributed by atoms with Gasteiger partial charge in [0.1, 0.15) is 0 Å².